The van der Waals surface area contributed by atoms with Crippen LogP contribution in [0.2, 0.25) is 0 Å². The van der Waals surface area contributed by atoms with Gasteiger partial charge in [-0.15, -0.1) is 0 Å². The van der Waals surface area contributed by atoms with Crippen LogP contribution in [0.15, 0.2) is 12.2 Å². The fourth-order valence-corrected chi connectivity index (χ4v) is 5.04. The molecule has 0 spiro atoms. The lowest BCUT2D eigenvalue weighted by Gasteiger charge is -2.17. The van der Waals surface area contributed by atoms with Gasteiger partial charge in [0.2, 0.25) is 0 Å². The largest absolute Gasteiger partial charge is 1.00 e. The van der Waals surface area contributed by atoms with Crippen LogP contribution in [0.4, 0.5) is 0 Å². The number of hydrogen-bond acceptors (Lipinski definition) is 5. The summed E-state index contributed by atoms with van der Waals surface area (Å²) in [6, 6.07) is 0. The van der Waals surface area contributed by atoms with Crippen LogP contribution < -0.4 is 0 Å². The highest BCUT2D eigenvalue weighted by Crippen LogP contribution is 2.12. The first-order valence-electron chi connectivity index (χ1n) is 14.0. The molecular weight excluding hydrogens is 443 g/mol. The predicted molar refractivity (Wildman–Crippen MR) is 143 cm³/mol. The monoisotopic (exact) mass is 496 g/mol. The van der Waals surface area contributed by atoms with Crippen molar-refractivity contribution >= 4 is 26.9 Å². The van der Waals surface area contributed by atoms with Crippen molar-refractivity contribution in [3.05, 3.63) is 12.2 Å². The van der Waals surface area contributed by atoms with E-state index in [1.165, 1.54) is 77.0 Å². The van der Waals surface area contributed by atoms with E-state index in [9.17, 15) is 9.59 Å². The number of unbranched alkanes of at least 4 members (excludes halogenated alkanes) is 13. The van der Waals surface area contributed by atoms with Gasteiger partial charge in [-0.1, -0.05) is 83.3 Å². The molecule has 0 radical (unpaired) electrons. The molecule has 0 aromatic heterocycles. The normalized spacial score (nSPS) is 11.6. The molecule has 6 heteroatoms. The summed E-state index contributed by atoms with van der Waals surface area (Å²) in [7, 11) is 0. The van der Waals surface area contributed by atoms with Crippen molar-refractivity contribution in [2.24, 2.45) is 0 Å². The van der Waals surface area contributed by atoms with Gasteiger partial charge in [-0.25, -0.2) is 0 Å². The van der Waals surface area contributed by atoms with Crippen molar-refractivity contribution in [2.75, 3.05) is 0 Å². The molecule has 0 atom stereocenters. The Morgan fingerprint density at radius 1 is 0.676 bits per heavy atom. The quantitative estimate of drug-likeness (QED) is 0.0584. The van der Waals surface area contributed by atoms with Gasteiger partial charge in [-0.3, -0.25) is 9.59 Å². The van der Waals surface area contributed by atoms with Gasteiger partial charge in [-0.05, 0) is 59.8 Å². The highest BCUT2D eigenvalue weighted by Gasteiger charge is 2.39. The first-order chi connectivity index (χ1) is 16.3. The third-order valence-corrected chi connectivity index (χ3v) is 7.54. The van der Waals surface area contributed by atoms with Crippen molar-refractivity contribution in [1.29, 1.82) is 0 Å². The third-order valence-electron chi connectivity index (χ3n) is 5.55. The minimum absolute atomic E-state index is 0.0559. The van der Waals surface area contributed by atoms with E-state index >= 15 is 0 Å². The van der Waals surface area contributed by atoms with E-state index in [-0.39, 0.29) is 24.4 Å². The van der Waals surface area contributed by atoms with Crippen molar-refractivity contribution in [2.45, 2.75) is 156 Å². The zero-order valence-corrected chi connectivity index (χ0v) is 24.1. The standard InChI is InChI=1S/C22H40O3.2C3H7O.Al/c1-2-3-4-5-6-7-8-9-10-11-12-13-14-15-16-17-18-19-21(23)20-22(24)25;2*1-3(2)4;/h9-10H,2-8,11-20H2,1H3,(H,24,25);2*3H,1-2H3;/q;2*-1;+3/p-1/b10-9+;;;. The number of carbonyl (C=O) groups excluding carboxylic acids is 2. The summed E-state index contributed by atoms with van der Waals surface area (Å²) in [5.74, 6) is -0.580. The molecule has 0 bridgehead atoms. The second-order valence-corrected chi connectivity index (χ2v) is 11.3. The van der Waals surface area contributed by atoms with Gasteiger partial charge in [0.1, 0.15) is 12.2 Å². The lowest BCUT2D eigenvalue weighted by molar-refractivity contribution is -0.141. The maximum atomic E-state index is 12.1. The van der Waals surface area contributed by atoms with E-state index in [4.69, 9.17) is 11.4 Å². The molecule has 0 aliphatic heterocycles. The van der Waals surface area contributed by atoms with Crippen LogP contribution in [0.3, 0.4) is 0 Å². The first kappa shape index (κ1) is 33.3. The van der Waals surface area contributed by atoms with Crippen LogP contribution in [0.1, 0.15) is 144 Å². The first-order valence-corrected chi connectivity index (χ1v) is 15.4. The van der Waals surface area contributed by atoms with Crippen molar-refractivity contribution in [3.8, 4) is 0 Å². The average molecular weight is 497 g/mol. The molecule has 0 aromatic carbocycles. The summed E-state index contributed by atoms with van der Waals surface area (Å²) >= 11 is -2.54. The highest BCUT2D eigenvalue weighted by molar-refractivity contribution is 6.39. The SMILES string of the molecule is CCCCCCCC/C=C/CCCCCCCCCC(=O)CC(=O)[O][Al]([O]C(C)C)[O]C(C)C. The van der Waals surface area contributed by atoms with Crippen molar-refractivity contribution in [1.82, 2.24) is 0 Å². The van der Waals surface area contributed by atoms with Crippen LogP contribution in [-0.4, -0.2) is 39.1 Å². The Morgan fingerprint density at radius 2 is 1.12 bits per heavy atom. The molecule has 198 valence electrons. The zero-order valence-electron chi connectivity index (χ0n) is 22.9. The Balaban J connectivity index is 3.59. The Labute approximate surface area is 215 Å². The highest BCUT2D eigenvalue weighted by atomic mass is 27.3. The maximum Gasteiger partial charge on any atom is 1.00 e. The molecule has 5 nitrogen and oxygen atoms in total. The van der Waals surface area contributed by atoms with Crippen LogP contribution in [0.5, 0.6) is 0 Å². The topological polar surface area (TPSA) is 61.8 Å². The molecule has 0 N–H and O–H groups in total. The van der Waals surface area contributed by atoms with Gasteiger partial charge in [0.25, 0.3) is 5.97 Å². The van der Waals surface area contributed by atoms with Crippen molar-refractivity contribution < 1.29 is 21.0 Å². The Hall–Kier alpha value is -0.668. The summed E-state index contributed by atoms with van der Waals surface area (Å²) in [5, 5.41) is 0. The van der Waals surface area contributed by atoms with Crippen LogP contribution in [-0.2, 0) is 21.0 Å². The molecule has 0 aliphatic rings. The fourth-order valence-electron chi connectivity index (χ4n) is 3.68. The molecular formula is C28H53AlO5. The molecule has 0 saturated heterocycles. The lowest BCUT2D eigenvalue weighted by atomic mass is 10.0. The van der Waals surface area contributed by atoms with Gasteiger partial charge in [-0.2, -0.15) is 0 Å². The van der Waals surface area contributed by atoms with Crippen molar-refractivity contribution in [3.63, 3.8) is 0 Å². The second-order valence-electron chi connectivity index (χ2n) is 9.91. The van der Waals surface area contributed by atoms with Crippen LogP contribution >= 0.6 is 0 Å². The number of carbonyl (C=O) groups is 2. The van der Waals surface area contributed by atoms with E-state index in [0.717, 1.165) is 19.3 Å². The van der Waals surface area contributed by atoms with Gasteiger partial charge >= 0.3 is 15.1 Å². The van der Waals surface area contributed by atoms with Crippen LogP contribution in [0, 0.1) is 0 Å². The molecule has 34 heavy (non-hydrogen) atoms. The number of ketones is 1. The van der Waals surface area contributed by atoms with Gasteiger partial charge in [0, 0.05) is 18.6 Å². The van der Waals surface area contributed by atoms with E-state index in [1.807, 2.05) is 27.7 Å². The summed E-state index contributed by atoms with van der Waals surface area (Å²) < 4.78 is 16.4. The van der Waals surface area contributed by atoms with Crippen LogP contribution in [0.25, 0.3) is 0 Å². The molecule has 0 fully saturated rings. The maximum absolute atomic E-state index is 12.1. The molecule has 0 aromatic rings. The van der Waals surface area contributed by atoms with E-state index in [0.29, 0.717) is 6.42 Å². The zero-order chi connectivity index (χ0) is 25.4. The Bertz CT molecular complexity index is 509. The third kappa shape index (κ3) is 24.5. The fraction of sp³-hybridized carbons (Fsp3) is 0.857. The minimum atomic E-state index is -2.54. The summed E-state index contributed by atoms with van der Waals surface area (Å²) in [6.45, 7) is 9.76. The number of Topliss-reactive ketones (excluding diaryl/α,β-unsaturated/α-hetero) is 1. The average Bonchev–Trinajstić information content (AvgIpc) is 2.74. The molecule has 0 aliphatic carbocycles. The number of hydrogen-bond donors (Lipinski definition) is 0. The van der Waals surface area contributed by atoms with Gasteiger partial charge < -0.3 is 11.4 Å². The number of rotatable bonds is 24. The number of allylic oxidation sites excluding steroid dienone is 2. The Morgan fingerprint density at radius 3 is 1.59 bits per heavy atom. The smallest absolute Gasteiger partial charge is 0.572 e. The van der Waals surface area contributed by atoms with E-state index in [1.54, 1.807) is 0 Å². The predicted octanol–water partition coefficient (Wildman–Crippen LogP) is 8.14. The lowest BCUT2D eigenvalue weighted by Crippen LogP contribution is -2.35. The minimum Gasteiger partial charge on any atom is -0.572 e. The second kappa shape index (κ2) is 24.0. The summed E-state index contributed by atoms with van der Waals surface area (Å²) in [5.41, 5.74) is 0. The molecule has 0 rings (SSSR count). The van der Waals surface area contributed by atoms with E-state index in [2.05, 4.69) is 19.1 Å². The summed E-state index contributed by atoms with van der Waals surface area (Å²) in [4.78, 5) is 24.1. The van der Waals surface area contributed by atoms with Gasteiger partial charge in [0.05, 0.1) is 0 Å². The molecule has 0 heterocycles. The molecule has 0 saturated carbocycles. The summed E-state index contributed by atoms with van der Waals surface area (Å²) in [6.07, 6.45) is 23.6. The van der Waals surface area contributed by atoms with E-state index < -0.39 is 21.1 Å². The molecule has 0 unspecified atom stereocenters. The van der Waals surface area contributed by atoms with Gasteiger partial charge in [0.15, 0.2) is 0 Å². The molecule has 0 amide bonds. The Kier molecular flexibility index (Phi) is 23.6.